The molecule has 3 heterocycles. The Morgan fingerprint density at radius 3 is 2.44 bits per heavy atom. The van der Waals surface area contributed by atoms with E-state index >= 15 is 0 Å². The van der Waals surface area contributed by atoms with Gasteiger partial charge < -0.3 is 10.0 Å². The fraction of sp³-hybridized carbons (Fsp3) is 0.0952. The molecular weight excluding hydrogens is 360 g/mol. The second kappa shape index (κ2) is 7.17. The molecule has 1 fully saturated rings. The molecule has 0 bridgehead atoms. The van der Waals surface area contributed by atoms with E-state index in [-0.39, 0.29) is 11.3 Å². The molecule has 134 valence electrons. The highest BCUT2D eigenvalue weighted by Crippen LogP contribution is 2.40. The highest BCUT2D eigenvalue weighted by molar-refractivity contribution is 7.09. The lowest BCUT2D eigenvalue weighted by Gasteiger charge is -2.24. The summed E-state index contributed by atoms with van der Waals surface area (Å²) in [5.74, 6) is -1.46. The van der Waals surface area contributed by atoms with Crippen LogP contribution >= 0.6 is 11.3 Å². The van der Waals surface area contributed by atoms with E-state index < -0.39 is 17.7 Å². The molecule has 1 atom stereocenters. The van der Waals surface area contributed by atoms with E-state index in [4.69, 9.17) is 0 Å². The van der Waals surface area contributed by atoms with Crippen molar-refractivity contribution in [3.05, 3.63) is 93.9 Å². The van der Waals surface area contributed by atoms with Gasteiger partial charge in [0, 0.05) is 22.8 Å². The van der Waals surface area contributed by atoms with E-state index in [2.05, 4.69) is 4.98 Å². The number of Topliss-reactive ketones (excluding diaryl/α,β-unsaturated/α-hetero) is 1. The molecule has 0 spiro atoms. The number of benzene rings is 1. The predicted molar refractivity (Wildman–Crippen MR) is 103 cm³/mol. The van der Waals surface area contributed by atoms with Crippen molar-refractivity contribution in [3.63, 3.8) is 0 Å². The maximum Gasteiger partial charge on any atom is 0.295 e. The third-order valence-corrected chi connectivity index (χ3v) is 5.38. The molecular formula is C21H16N2O3S. The number of pyridine rings is 1. The highest BCUT2D eigenvalue weighted by atomic mass is 32.1. The Morgan fingerprint density at radius 2 is 1.78 bits per heavy atom. The maximum absolute atomic E-state index is 12.8. The normalized spacial score (nSPS) is 18.8. The molecule has 0 radical (unpaired) electrons. The smallest absolute Gasteiger partial charge is 0.295 e. The van der Waals surface area contributed by atoms with Crippen LogP contribution in [-0.2, 0) is 16.1 Å². The molecule has 3 aromatic rings. The molecule has 5 nitrogen and oxygen atoms in total. The van der Waals surface area contributed by atoms with Gasteiger partial charge in [-0.3, -0.25) is 14.6 Å². The first kappa shape index (κ1) is 17.2. The van der Waals surface area contributed by atoms with Gasteiger partial charge >= 0.3 is 0 Å². The standard InChI is InChI=1S/C21H16N2O3S/c24-19(15-8-10-22-11-9-15)17-18(14-5-2-1-3-6-14)23(21(26)20(17)25)13-16-7-4-12-27-16/h1-12,18,24H,13H2/b19-17-. The van der Waals surface area contributed by atoms with Crippen molar-refractivity contribution < 1.29 is 14.7 Å². The van der Waals surface area contributed by atoms with Crippen LogP contribution in [0.4, 0.5) is 0 Å². The first-order chi connectivity index (χ1) is 13.2. The summed E-state index contributed by atoms with van der Waals surface area (Å²) in [5, 5.41) is 12.8. The lowest BCUT2D eigenvalue weighted by Crippen LogP contribution is -2.28. The Labute approximate surface area is 160 Å². The monoisotopic (exact) mass is 376 g/mol. The third-order valence-electron chi connectivity index (χ3n) is 4.52. The van der Waals surface area contributed by atoms with Crippen LogP contribution in [0.1, 0.15) is 22.0 Å². The fourth-order valence-corrected chi connectivity index (χ4v) is 3.96. The maximum atomic E-state index is 12.8. The second-order valence-electron chi connectivity index (χ2n) is 6.15. The lowest BCUT2D eigenvalue weighted by atomic mass is 9.95. The summed E-state index contributed by atoms with van der Waals surface area (Å²) in [6.45, 7) is 0.314. The summed E-state index contributed by atoms with van der Waals surface area (Å²) >= 11 is 1.52. The molecule has 1 unspecified atom stereocenters. The van der Waals surface area contributed by atoms with Crippen LogP contribution < -0.4 is 0 Å². The minimum absolute atomic E-state index is 0.106. The SMILES string of the molecule is O=C1C(=O)N(Cc2cccs2)C(c2ccccc2)/C1=C(/O)c1ccncc1. The zero-order valence-electron chi connectivity index (χ0n) is 14.3. The summed E-state index contributed by atoms with van der Waals surface area (Å²) in [6, 6.07) is 15.7. The Balaban J connectivity index is 1.86. The van der Waals surface area contributed by atoms with Crippen molar-refractivity contribution in [1.29, 1.82) is 0 Å². The largest absolute Gasteiger partial charge is 0.507 e. The molecule has 6 heteroatoms. The first-order valence-corrected chi connectivity index (χ1v) is 9.31. The fourth-order valence-electron chi connectivity index (χ4n) is 3.26. The summed E-state index contributed by atoms with van der Waals surface area (Å²) in [6.07, 6.45) is 3.07. The first-order valence-electron chi connectivity index (χ1n) is 8.43. The van der Waals surface area contributed by atoms with Crippen LogP contribution in [0.25, 0.3) is 5.76 Å². The molecule has 4 rings (SSSR count). The van der Waals surface area contributed by atoms with Gasteiger partial charge in [-0.1, -0.05) is 36.4 Å². The Kier molecular flexibility index (Phi) is 4.56. The van der Waals surface area contributed by atoms with Crippen molar-refractivity contribution >= 4 is 28.8 Å². The topological polar surface area (TPSA) is 70.5 Å². The molecule has 1 N–H and O–H groups in total. The number of likely N-dealkylation sites (tertiary alicyclic amines) is 1. The number of nitrogens with zero attached hydrogens (tertiary/aromatic N) is 2. The number of hydrogen-bond acceptors (Lipinski definition) is 5. The quantitative estimate of drug-likeness (QED) is 0.428. The van der Waals surface area contributed by atoms with Crippen molar-refractivity contribution in [1.82, 2.24) is 9.88 Å². The number of rotatable bonds is 4. The van der Waals surface area contributed by atoms with Gasteiger partial charge in [0.05, 0.1) is 18.2 Å². The van der Waals surface area contributed by atoms with Crippen molar-refractivity contribution in [2.45, 2.75) is 12.6 Å². The minimum Gasteiger partial charge on any atom is -0.507 e. The number of thiophene rings is 1. The van der Waals surface area contributed by atoms with E-state index in [0.29, 0.717) is 12.1 Å². The predicted octanol–water partition coefficient (Wildman–Crippen LogP) is 3.77. The number of carbonyl (C=O) groups is 2. The number of ketones is 1. The molecule has 2 aromatic heterocycles. The van der Waals surface area contributed by atoms with Gasteiger partial charge in [0.25, 0.3) is 11.7 Å². The van der Waals surface area contributed by atoms with Crippen molar-refractivity contribution in [2.75, 3.05) is 0 Å². The van der Waals surface area contributed by atoms with Crippen LogP contribution in [0.3, 0.4) is 0 Å². The lowest BCUT2D eigenvalue weighted by molar-refractivity contribution is -0.140. The van der Waals surface area contributed by atoms with Gasteiger partial charge in [0.2, 0.25) is 0 Å². The number of amides is 1. The highest BCUT2D eigenvalue weighted by Gasteiger charge is 2.46. The Bertz CT molecular complexity index is 998. The Hall–Kier alpha value is -3.25. The van der Waals surface area contributed by atoms with E-state index in [1.807, 2.05) is 47.8 Å². The van der Waals surface area contributed by atoms with Crippen molar-refractivity contribution in [2.24, 2.45) is 0 Å². The van der Waals surface area contributed by atoms with Gasteiger partial charge in [0.1, 0.15) is 5.76 Å². The van der Waals surface area contributed by atoms with Crippen LogP contribution in [0.5, 0.6) is 0 Å². The molecule has 1 amide bonds. The van der Waals surface area contributed by atoms with Crippen LogP contribution in [0, 0.1) is 0 Å². The molecule has 1 saturated heterocycles. The van der Waals surface area contributed by atoms with Gasteiger partial charge in [-0.05, 0) is 29.1 Å². The average molecular weight is 376 g/mol. The van der Waals surface area contributed by atoms with Crippen LogP contribution in [0.2, 0.25) is 0 Å². The van der Waals surface area contributed by atoms with Gasteiger partial charge in [-0.15, -0.1) is 11.3 Å². The summed E-state index contributed by atoms with van der Waals surface area (Å²) in [5.41, 5.74) is 1.35. The minimum atomic E-state index is -0.672. The average Bonchev–Trinajstić information content (AvgIpc) is 3.31. The number of hydrogen-bond donors (Lipinski definition) is 1. The summed E-state index contributed by atoms with van der Waals surface area (Å²) in [4.78, 5) is 32.0. The third kappa shape index (κ3) is 3.15. The van der Waals surface area contributed by atoms with E-state index in [0.717, 1.165) is 10.4 Å². The van der Waals surface area contributed by atoms with Gasteiger partial charge in [-0.2, -0.15) is 0 Å². The number of aromatic nitrogens is 1. The Morgan fingerprint density at radius 1 is 1.04 bits per heavy atom. The van der Waals surface area contributed by atoms with E-state index in [9.17, 15) is 14.7 Å². The summed E-state index contributed by atoms with van der Waals surface area (Å²) in [7, 11) is 0. The molecule has 27 heavy (non-hydrogen) atoms. The van der Waals surface area contributed by atoms with Crippen molar-refractivity contribution in [3.8, 4) is 0 Å². The second-order valence-corrected chi connectivity index (χ2v) is 7.19. The molecule has 1 aliphatic heterocycles. The molecule has 1 aliphatic rings. The van der Waals surface area contributed by atoms with Gasteiger partial charge in [0.15, 0.2) is 0 Å². The number of aliphatic hydroxyl groups excluding tert-OH is 1. The van der Waals surface area contributed by atoms with Crippen LogP contribution in [0.15, 0.2) is 77.9 Å². The van der Waals surface area contributed by atoms with E-state index in [1.165, 1.54) is 28.6 Å². The molecule has 1 aromatic carbocycles. The molecule has 0 saturated carbocycles. The molecule has 0 aliphatic carbocycles. The zero-order valence-corrected chi connectivity index (χ0v) is 15.1. The number of aliphatic hydroxyl groups is 1. The summed E-state index contributed by atoms with van der Waals surface area (Å²) < 4.78 is 0. The van der Waals surface area contributed by atoms with Gasteiger partial charge in [-0.25, -0.2) is 0 Å². The zero-order chi connectivity index (χ0) is 18.8. The van der Waals surface area contributed by atoms with E-state index in [1.54, 1.807) is 12.1 Å². The number of carbonyl (C=O) groups excluding carboxylic acids is 2. The van der Waals surface area contributed by atoms with Crippen LogP contribution in [-0.4, -0.2) is 26.7 Å².